The standard InChI is InChI=1S/C11H21N3O2/c1-6-11(4,5)12-7-9-10(15)16-13-14(9)8(2)3/h8,12H,6-7H2,1-5H3. The summed E-state index contributed by atoms with van der Waals surface area (Å²) in [7, 11) is 0. The quantitative estimate of drug-likeness (QED) is 0.759. The molecule has 0 atom stereocenters. The molecule has 0 radical (unpaired) electrons. The fraction of sp³-hybridized carbons (Fsp3) is 0.818. The summed E-state index contributed by atoms with van der Waals surface area (Å²) in [5.74, 6) is -0.354. The van der Waals surface area contributed by atoms with Crippen LogP contribution in [0, 0.1) is 0 Å². The first-order chi connectivity index (χ1) is 7.37. The van der Waals surface area contributed by atoms with E-state index in [1.165, 1.54) is 0 Å². The second kappa shape index (κ2) is 4.82. The van der Waals surface area contributed by atoms with Gasteiger partial charge < -0.3 is 14.9 Å². The number of hydrogen-bond donors (Lipinski definition) is 1. The molecular formula is C11H21N3O2. The van der Waals surface area contributed by atoms with Crippen molar-refractivity contribution in [1.82, 2.24) is 10.6 Å². The summed E-state index contributed by atoms with van der Waals surface area (Å²) < 4.78 is 6.30. The molecule has 0 aliphatic rings. The van der Waals surface area contributed by atoms with Gasteiger partial charge in [0.25, 0.3) is 0 Å². The van der Waals surface area contributed by atoms with Crippen molar-refractivity contribution in [1.29, 1.82) is 0 Å². The number of rotatable bonds is 5. The molecule has 0 unspecified atom stereocenters. The third-order valence-corrected chi connectivity index (χ3v) is 2.83. The van der Waals surface area contributed by atoms with Gasteiger partial charge in [0, 0.05) is 5.54 Å². The molecule has 1 aromatic heterocycles. The molecule has 0 aliphatic heterocycles. The largest absolute Gasteiger partial charge is 0.539 e. The molecule has 0 fully saturated rings. The maximum atomic E-state index is 11.5. The van der Waals surface area contributed by atoms with Gasteiger partial charge in [-0.15, -0.1) is 0 Å². The van der Waals surface area contributed by atoms with E-state index in [1.54, 1.807) is 4.68 Å². The second-order valence-corrected chi connectivity index (χ2v) is 4.94. The average Bonchev–Trinajstić information content (AvgIpc) is 2.57. The van der Waals surface area contributed by atoms with E-state index in [1.807, 2.05) is 13.8 Å². The maximum Gasteiger partial charge on any atom is 0.247 e. The number of nitrogens with zero attached hydrogens (tertiary/aromatic N) is 2. The summed E-state index contributed by atoms with van der Waals surface area (Å²) >= 11 is 0. The van der Waals surface area contributed by atoms with E-state index in [2.05, 4.69) is 35.9 Å². The van der Waals surface area contributed by atoms with Crippen LogP contribution in [0.2, 0.25) is 0 Å². The molecule has 1 aromatic rings. The average molecular weight is 227 g/mol. The van der Waals surface area contributed by atoms with Gasteiger partial charge in [-0.2, -0.15) is 0 Å². The minimum absolute atomic E-state index is 0.0124. The van der Waals surface area contributed by atoms with Crippen LogP contribution >= 0.6 is 0 Å². The normalized spacial score (nSPS) is 12.4. The molecular weight excluding hydrogens is 206 g/mol. The van der Waals surface area contributed by atoms with Gasteiger partial charge in [0.1, 0.15) is 0 Å². The van der Waals surface area contributed by atoms with Crippen LogP contribution in [0.1, 0.15) is 52.8 Å². The molecule has 5 heteroatoms. The zero-order chi connectivity index (χ0) is 12.3. The predicted molar refractivity (Wildman–Crippen MR) is 57.7 cm³/mol. The molecule has 0 spiro atoms. The third kappa shape index (κ3) is 2.95. The maximum absolute atomic E-state index is 11.5. The Morgan fingerprint density at radius 1 is 1.50 bits per heavy atom. The van der Waals surface area contributed by atoms with Gasteiger partial charge >= 0.3 is 0 Å². The van der Waals surface area contributed by atoms with Gasteiger partial charge in [-0.25, -0.2) is 0 Å². The van der Waals surface area contributed by atoms with E-state index in [0.717, 1.165) is 6.42 Å². The highest BCUT2D eigenvalue weighted by molar-refractivity contribution is 5.03. The van der Waals surface area contributed by atoms with Crippen LogP contribution in [-0.2, 0) is 6.54 Å². The molecule has 0 bridgehead atoms. The molecule has 0 amide bonds. The lowest BCUT2D eigenvalue weighted by atomic mass is 10.0. The SMILES string of the molecule is CCC(C)(C)NCc1c([O-])on[n+]1C(C)C. The van der Waals surface area contributed by atoms with Crippen molar-refractivity contribution in [2.24, 2.45) is 0 Å². The fourth-order valence-electron chi connectivity index (χ4n) is 1.28. The van der Waals surface area contributed by atoms with Crippen molar-refractivity contribution in [3.63, 3.8) is 0 Å². The van der Waals surface area contributed by atoms with Crippen molar-refractivity contribution in [3.05, 3.63) is 5.69 Å². The van der Waals surface area contributed by atoms with Gasteiger partial charge in [-0.3, -0.25) is 0 Å². The van der Waals surface area contributed by atoms with E-state index in [9.17, 15) is 5.11 Å². The fourth-order valence-corrected chi connectivity index (χ4v) is 1.28. The lowest BCUT2D eigenvalue weighted by Gasteiger charge is -2.23. The Balaban J connectivity index is 2.77. The summed E-state index contributed by atoms with van der Waals surface area (Å²) in [6.45, 7) is 10.7. The van der Waals surface area contributed by atoms with Crippen LogP contribution < -0.4 is 15.1 Å². The van der Waals surface area contributed by atoms with E-state index in [-0.39, 0.29) is 17.5 Å². The van der Waals surface area contributed by atoms with Gasteiger partial charge in [0.05, 0.1) is 11.8 Å². The van der Waals surface area contributed by atoms with Crippen LogP contribution in [0.3, 0.4) is 0 Å². The Labute approximate surface area is 96.4 Å². The highest BCUT2D eigenvalue weighted by atomic mass is 16.6. The first-order valence-corrected chi connectivity index (χ1v) is 5.70. The lowest BCUT2D eigenvalue weighted by Crippen LogP contribution is -2.46. The first-order valence-electron chi connectivity index (χ1n) is 5.70. The van der Waals surface area contributed by atoms with E-state index >= 15 is 0 Å². The second-order valence-electron chi connectivity index (χ2n) is 4.94. The Bertz CT molecular complexity index is 345. The van der Waals surface area contributed by atoms with Gasteiger partial charge in [-0.1, -0.05) is 11.6 Å². The summed E-state index contributed by atoms with van der Waals surface area (Å²) in [6, 6.07) is 0.132. The Morgan fingerprint density at radius 2 is 2.12 bits per heavy atom. The molecule has 0 saturated heterocycles. The Hall–Kier alpha value is -1.10. The third-order valence-electron chi connectivity index (χ3n) is 2.83. The highest BCUT2D eigenvalue weighted by Crippen LogP contribution is 2.13. The Morgan fingerprint density at radius 3 is 2.62 bits per heavy atom. The molecule has 0 saturated carbocycles. The van der Waals surface area contributed by atoms with Crippen molar-refractivity contribution >= 4 is 0 Å². The summed E-state index contributed by atoms with van der Waals surface area (Å²) in [4.78, 5) is 0. The molecule has 1 heterocycles. The molecule has 0 aliphatic carbocycles. The molecule has 16 heavy (non-hydrogen) atoms. The van der Waals surface area contributed by atoms with Crippen molar-refractivity contribution in [2.45, 2.75) is 59.2 Å². The molecule has 5 nitrogen and oxygen atoms in total. The molecule has 1 N–H and O–H groups in total. The van der Waals surface area contributed by atoms with Crippen LogP contribution in [0.4, 0.5) is 0 Å². The van der Waals surface area contributed by atoms with Gasteiger partial charge in [-0.05, 0) is 34.1 Å². The molecule has 1 rings (SSSR count). The summed E-state index contributed by atoms with van der Waals surface area (Å²) in [6.07, 6.45) is 0.994. The summed E-state index contributed by atoms with van der Waals surface area (Å²) in [5, 5.41) is 18.5. The van der Waals surface area contributed by atoms with Crippen molar-refractivity contribution < 1.29 is 14.3 Å². The van der Waals surface area contributed by atoms with Gasteiger partial charge in [0.2, 0.25) is 5.69 Å². The van der Waals surface area contributed by atoms with E-state index in [0.29, 0.717) is 12.2 Å². The smallest absolute Gasteiger partial charge is 0.247 e. The number of nitrogens with one attached hydrogen (secondary N) is 1. The zero-order valence-corrected chi connectivity index (χ0v) is 10.7. The lowest BCUT2D eigenvalue weighted by molar-refractivity contribution is -0.785. The van der Waals surface area contributed by atoms with Crippen LogP contribution in [0.25, 0.3) is 0 Å². The number of aromatic nitrogens is 2. The minimum atomic E-state index is -0.354. The predicted octanol–water partition coefficient (Wildman–Crippen LogP) is 0.895. The van der Waals surface area contributed by atoms with Crippen LogP contribution in [0.5, 0.6) is 5.95 Å². The first kappa shape index (κ1) is 13.0. The number of hydrogen-bond acceptors (Lipinski definition) is 4. The minimum Gasteiger partial charge on any atom is -0.539 e. The van der Waals surface area contributed by atoms with Gasteiger partial charge in [0.15, 0.2) is 12.0 Å². The highest BCUT2D eigenvalue weighted by Gasteiger charge is 2.23. The van der Waals surface area contributed by atoms with Crippen LogP contribution in [0.15, 0.2) is 4.52 Å². The van der Waals surface area contributed by atoms with Crippen molar-refractivity contribution in [3.8, 4) is 5.95 Å². The molecule has 0 aromatic carbocycles. The van der Waals surface area contributed by atoms with E-state index in [4.69, 9.17) is 0 Å². The van der Waals surface area contributed by atoms with E-state index < -0.39 is 0 Å². The zero-order valence-electron chi connectivity index (χ0n) is 10.7. The topological polar surface area (TPSA) is 65.0 Å². The summed E-state index contributed by atoms with van der Waals surface area (Å²) in [5.41, 5.74) is 0.593. The monoisotopic (exact) mass is 227 g/mol. The molecule has 92 valence electrons. The Kier molecular flexibility index (Phi) is 3.91. The van der Waals surface area contributed by atoms with Crippen molar-refractivity contribution in [2.75, 3.05) is 0 Å². The van der Waals surface area contributed by atoms with Crippen LogP contribution in [-0.4, -0.2) is 10.8 Å².